The number of hydrogen-bond acceptors (Lipinski definition) is 8. The van der Waals surface area contributed by atoms with Gasteiger partial charge in [0.25, 0.3) is 0 Å². The quantitative estimate of drug-likeness (QED) is 0.455. The zero-order valence-corrected chi connectivity index (χ0v) is 20.6. The van der Waals surface area contributed by atoms with E-state index < -0.39 is 5.60 Å². The molecule has 0 radical (unpaired) electrons. The van der Waals surface area contributed by atoms with Crippen LogP contribution in [-0.4, -0.2) is 51.6 Å². The van der Waals surface area contributed by atoms with E-state index >= 15 is 0 Å². The summed E-state index contributed by atoms with van der Waals surface area (Å²) in [7, 11) is 1.64. The number of anilines is 5. The molecule has 1 aliphatic heterocycles. The number of ether oxygens (including phenoxy) is 2. The lowest BCUT2D eigenvalue weighted by molar-refractivity contribution is 0.0185. The molecule has 1 saturated heterocycles. The highest BCUT2D eigenvalue weighted by Gasteiger charge is 2.27. The van der Waals surface area contributed by atoms with Crippen LogP contribution >= 0.6 is 0 Å². The largest absolute Gasteiger partial charge is 0.497 e. The molecule has 10 heteroatoms. The van der Waals surface area contributed by atoms with Gasteiger partial charge in [-0.15, -0.1) is 0 Å². The van der Waals surface area contributed by atoms with Gasteiger partial charge in [-0.1, -0.05) is 0 Å². The highest BCUT2D eigenvalue weighted by molar-refractivity contribution is 5.75. The molecule has 0 bridgehead atoms. The molecule has 0 unspecified atom stereocenters. The topological polar surface area (TPSA) is 120 Å². The number of piperidine rings is 1. The molecule has 3 heterocycles. The number of hydrogen-bond donors (Lipinski definition) is 3. The molecule has 0 atom stereocenters. The van der Waals surface area contributed by atoms with Crippen molar-refractivity contribution in [1.82, 2.24) is 19.7 Å². The first-order chi connectivity index (χ1) is 16.7. The van der Waals surface area contributed by atoms with Gasteiger partial charge in [-0.25, -0.2) is 9.78 Å². The molecule has 35 heavy (non-hydrogen) atoms. The summed E-state index contributed by atoms with van der Waals surface area (Å²) >= 11 is 0. The van der Waals surface area contributed by atoms with E-state index in [0.717, 1.165) is 35.7 Å². The van der Waals surface area contributed by atoms with Crippen molar-refractivity contribution in [3.8, 4) is 5.75 Å². The van der Waals surface area contributed by atoms with Crippen LogP contribution < -0.4 is 21.1 Å². The van der Waals surface area contributed by atoms with Crippen LogP contribution in [0.15, 0.2) is 48.9 Å². The highest BCUT2D eigenvalue weighted by atomic mass is 16.6. The Morgan fingerprint density at radius 1 is 1.09 bits per heavy atom. The maximum Gasteiger partial charge on any atom is 0.410 e. The lowest BCUT2D eigenvalue weighted by Crippen LogP contribution is -2.42. The molecule has 3 aromatic rings. The van der Waals surface area contributed by atoms with Crippen LogP contribution in [0.2, 0.25) is 0 Å². The van der Waals surface area contributed by atoms with Crippen LogP contribution in [-0.2, 0) is 4.74 Å². The molecule has 0 saturated carbocycles. The molecular weight excluding hydrogens is 446 g/mol. The number of carbonyl (C=O) groups excluding carboxylic acids is 1. The van der Waals surface area contributed by atoms with E-state index in [4.69, 9.17) is 15.2 Å². The summed E-state index contributed by atoms with van der Waals surface area (Å²) in [5.74, 6) is 1.43. The monoisotopic (exact) mass is 479 g/mol. The number of benzene rings is 1. The predicted octanol–water partition coefficient (Wildman–Crippen LogP) is 4.93. The third-order valence-corrected chi connectivity index (χ3v) is 5.67. The van der Waals surface area contributed by atoms with Crippen molar-refractivity contribution in [3.05, 3.63) is 48.9 Å². The maximum atomic E-state index is 12.3. The molecule has 0 spiro atoms. The Morgan fingerprint density at radius 3 is 2.46 bits per heavy atom. The molecule has 4 rings (SSSR count). The smallest absolute Gasteiger partial charge is 0.410 e. The first-order valence-corrected chi connectivity index (χ1v) is 11.7. The summed E-state index contributed by atoms with van der Waals surface area (Å²) in [6.07, 6.45) is 6.72. The van der Waals surface area contributed by atoms with Crippen molar-refractivity contribution < 1.29 is 14.3 Å². The molecular formula is C25H33N7O3. The second kappa shape index (κ2) is 10.1. The summed E-state index contributed by atoms with van der Waals surface area (Å²) in [5, 5.41) is 11.1. The summed E-state index contributed by atoms with van der Waals surface area (Å²) in [5.41, 5.74) is 8.64. The summed E-state index contributed by atoms with van der Waals surface area (Å²) in [6.45, 7) is 6.92. The zero-order chi connectivity index (χ0) is 25.0. The van der Waals surface area contributed by atoms with Crippen molar-refractivity contribution in [2.24, 2.45) is 0 Å². The molecule has 1 fully saturated rings. The highest BCUT2D eigenvalue weighted by Crippen LogP contribution is 2.29. The number of amides is 1. The number of nitrogens with two attached hydrogens (primary N) is 1. The maximum absolute atomic E-state index is 12.3. The van der Waals surface area contributed by atoms with Crippen LogP contribution in [0.3, 0.4) is 0 Å². The van der Waals surface area contributed by atoms with E-state index in [2.05, 4.69) is 20.7 Å². The fourth-order valence-electron chi connectivity index (χ4n) is 3.86. The van der Waals surface area contributed by atoms with Gasteiger partial charge in [-0.05, 0) is 57.9 Å². The first-order valence-electron chi connectivity index (χ1n) is 11.7. The van der Waals surface area contributed by atoms with Crippen molar-refractivity contribution in [2.75, 3.05) is 36.6 Å². The van der Waals surface area contributed by atoms with Crippen LogP contribution in [0, 0.1) is 0 Å². The third kappa shape index (κ3) is 6.34. The lowest BCUT2D eigenvalue weighted by atomic mass is 10.1. The van der Waals surface area contributed by atoms with Crippen molar-refractivity contribution in [1.29, 1.82) is 0 Å². The Kier molecular flexibility index (Phi) is 6.99. The second-order valence-corrected chi connectivity index (χ2v) is 9.54. The zero-order valence-electron chi connectivity index (χ0n) is 20.6. The number of nitrogens with zero attached hydrogens (tertiary/aromatic N) is 4. The van der Waals surface area contributed by atoms with Crippen LogP contribution in [0.5, 0.6) is 5.75 Å². The van der Waals surface area contributed by atoms with E-state index in [1.165, 1.54) is 0 Å². The van der Waals surface area contributed by atoms with E-state index in [1.807, 2.05) is 62.0 Å². The number of nitrogen functional groups attached to an aromatic ring is 1. The Hall–Kier alpha value is -3.95. The van der Waals surface area contributed by atoms with Gasteiger partial charge >= 0.3 is 6.09 Å². The molecule has 4 N–H and O–H groups in total. The predicted molar refractivity (Wildman–Crippen MR) is 137 cm³/mol. The number of rotatable bonds is 6. The second-order valence-electron chi connectivity index (χ2n) is 9.54. The fraction of sp³-hybridized carbons (Fsp3) is 0.400. The van der Waals surface area contributed by atoms with Gasteiger partial charge in [-0.2, -0.15) is 5.10 Å². The summed E-state index contributed by atoms with van der Waals surface area (Å²) in [4.78, 5) is 18.5. The summed E-state index contributed by atoms with van der Waals surface area (Å²) < 4.78 is 12.6. The standard InChI is InChI=1S/C25H33N7O3/c1-25(2,3)35-24(33)31-11-9-19(10-12-31)32-16-18(14-28-32)30-23-13-22(21(26)15-27-23)29-17-5-7-20(34-4)8-6-17/h5-8,13-16,19H,9-12,26H2,1-4H3,(H2,27,29,30). The average Bonchev–Trinajstić information content (AvgIpc) is 3.29. The summed E-state index contributed by atoms with van der Waals surface area (Å²) in [6, 6.07) is 9.68. The van der Waals surface area contributed by atoms with Crippen molar-refractivity contribution in [2.45, 2.75) is 45.3 Å². The van der Waals surface area contributed by atoms with E-state index in [9.17, 15) is 4.79 Å². The molecule has 2 aromatic heterocycles. The van der Waals surface area contributed by atoms with E-state index in [-0.39, 0.29) is 12.1 Å². The number of nitrogens with one attached hydrogen (secondary N) is 2. The van der Waals surface area contributed by atoms with Gasteiger partial charge in [0.15, 0.2) is 0 Å². The third-order valence-electron chi connectivity index (χ3n) is 5.67. The Bertz CT molecular complexity index is 1150. The van der Waals surface area contributed by atoms with Crippen LogP contribution in [0.1, 0.15) is 39.7 Å². The van der Waals surface area contributed by atoms with Gasteiger partial charge in [-0.3, -0.25) is 4.68 Å². The van der Waals surface area contributed by atoms with Crippen molar-refractivity contribution in [3.63, 3.8) is 0 Å². The van der Waals surface area contributed by atoms with E-state index in [1.54, 1.807) is 24.4 Å². The van der Waals surface area contributed by atoms with Crippen LogP contribution in [0.4, 0.5) is 33.4 Å². The number of methoxy groups -OCH3 is 1. The Morgan fingerprint density at radius 2 is 1.80 bits per heavy atom. The minimum atomic E-state index is -0.489. The Labute approximate surface area is 205 Å². The number of likely N-dealkylation sites (tertiary alicyclic amines) is 1. The molecule has 186 valence electrons. The van der Waals surface area contributed by atoms with Gasteiger partial charge in [0.05, 0.1) is 42.6 Å². The van der Waals surface area contributed by atoms with Crippen molar-refractivity contribution >= 4 is 34.7 Å². The van der Waals surface area contributed by atoms with Gasteiger partial charge < -0.3 is 30.7 Å². The SMILES string of the molecule is COc1ccc(Nc2cc(Nc3cnn(C4CCN(C(=O)OC(C)(C)C)CC4)c3)ncc2N)cc1. The van der Waals surface area contributed by atoms with Gasteiger partial charge in [0, 0.05) is 31.0 Å². The van der Waals surface area contributed by atoms with E-state index in [0.29, 0.717) is 24.6 Å². The molecule has 1 aromatic carbocycles. The molecule has 0 aliphatic carbocycles. The average molecular weight is 480 g/mol. The normalized spacial score (nSPS) is 14.5. The lowest BCUT2D eigenvalue weighted by Gasteiger charge is -2.33. The number of carbonyl (C=O) groups is 1. The molecule has 1 aliphatic rings. The van der Waals surface area contributed by atoms with Gasteiger partial charge in [0.1, 0.15) is 17.2 Å². The molecule has 10 nitrogen and oxygen atoms in total. The fourth-order valence-corrected chi connectivity index (χ4v) is 3.86. The first kappa shape index (κ1) is 24.2. The minimum Gasteiger partial charge on any atom is -0.497 e. The van der Waals surface area contributed by atoms with Gasteiger partial charge in [0.2, 0.25) is 0 Å². The number of aromatic nitrogens is 3. The Balaban J connectivity index is 1.36. The van der Waals surface area contributed by atoms with Crippen LogP contribution in [0.25, 0.3) is 0 Å². The molecule has 1 amide bonds. The minimum absolute atomic E-state index is 0.218. The number of pyridine rings is 1.